The molecule has 0 saturated heterocycles. The number of carboxylic acids is 1. The minimum Gasteiger partial charge on any atom is -0.480 e. The van der Waals surface area contributed by atoms with Gasteiger partial charge in [0.1, 0.15) is 11.4 Å². The van der Waals surface area contributed by atoms with Gasteiger partial charge in [0.25, 0.3) is 0 Å². The molecule has 0 radical (unpaired) electrons. The van der Waals surface area contributed by atoms with E-state index < -0.39 is 11.9 Å². The molecule has 0 saturated carbocycles. The van der Waals surface area contributed by atoms with Crippen LogP contribution in [-0.2, 0) is 4.79 Å². The van der Waals surface area contributed by atoms with Gasteiger partial charge < -0.3 is 9.52 Å². The van der Waals surface area contributed by atoms with Crippen molar-refractivity contribution in [3.8, 4) is 0 Å². The fourth-order valence-corrected chi connectivity index (χ4v) is 2.04. The Labute approximate surface area is 108 Å². The van der Waals surface area contributed by atoms with Crippen LogP contribution in [0.2, 0.25) is 0 Å². The van der Waals surface area contributed by atoms with E-state index in [1.165, 1.54) is 6.39 Å². The molecule has 0 aliphatic carbocycles. The number of aromatic nitrogens is 2. The quantitative estimate of drug-likeness (QED) is 0.776. The van der Waals surface area contributed by atoms with E-state index in [9.17, 15) is 9.90 Å². The first-order valence-electron chi connectivity index (χ1n) is 5.72. The fourth-order valence-electron chi connectivity index (χ4n) is 2.04. The molecule has 2 aromatic heterocycles. The molecule has 0 bridgehead atoms. The van der Waals surface area contributed by atoms with Gasteiger partial charge >= 0.3 is 5.97 Å². The van der Waals surface area contributed by atoms with Crippen LogP contribution in [0.5, 0.6) is 0 Å². The molecule has 2 heterocycles. The molecule has 1 aromatic carbocycles. The number of carboxylic acid groups (broad SMARTS) is 1. The van der Waals surface area contributed by atoms with Gasteiger partial charge in [-0.05, 0) is 29.8 Å². The van der Waals surface area contributed by atoms with E-state index in [1.807, 2.05) is 0 Å². The maximum Gasteiger partial charge on any atom is 0.317 e. The molecule has 1 N–H and O–H groups in total. The van der Waals surface area contributed by atoms with Gasteiger partial charge in [-0.3, -0.25) is 9.78 Å². The number of fused-ring (bicyclic) bond motifs is 1. The SMILES string of the molecule is O=C(O)C(c1ccc2ncoc2c1)c1ccccn1. The monoisotopic (exact) mass is 254 g/mol. The predicted molar refractivity (Wildman–Crippen MR) is 67.7 cm³/mol. The molecule has 0 aliphatic rings. The van der Waals surface area contributed by atoms with Crippen molar-refractivity contribution in [1.82, 2.24) is 9.97 Å². The van der Waals surface area contributed by atoms with Crippen LogP contribution in [0, 0.1) is 0 Å². The van der Waals surface area contributed by atoms with E-state index in [0.717, 1.165) is 0 Å². The Bertz CT molecular complexity index is 722. The number of nitrogens with zero attached hydrogens (tertiary/aromatic N) is 2. The number of rotatable bonds is 3. The second kappa shape index (κ2) is 4.53. The second-order valence-electron chi connectivity index (χ2n) is 4.11. The Morgan fingerprint density at radius 1 is 1.21 bits per heavy atom. The highest BCUT2D eigenvalue weighted by molar-refractivity contribution is 5.82. The number of pyridine rings is 1. The fraction of sp³-hybridized carbons (Fsp3) is 0.0714. The normalized spacial score (nSPS) is 12.4. The molecule has 0 amide bonds. The first kappa shape index (κ1) is 11.4. The molecule has 1 unspecified atom stereocenters. The number of benzene rings is 1. The summed E-state index contributed by atoms with van der Waals surface area (Å²) in [6.45, 7) is 0. The van der Waals surface area contributed by atoms with Crippen molar-refractivity contribution in [2.75, 3.05) is 0 Å². The van der Waals surface area contributed by atoms with Gasteiger partial charge in [0.05, 0.1) is 5.69 Å². The lowest BCUT2D eigenvalue weighted by atomic mass is 9.95. The highest BCUT2D eigenvalue weighted by Gasteiger charge is 2.23. The average molecular weight is 254 g/mol. The third-order valence-electron chi connectivity index (χ3n) is 2.92. The van der Waals surface area contributed by atoms with Crippen molar-refractivity contribution in [2.24, 2.45) is 0 Å². The van der Waals surface area contributed by atoms with Crippen LogP contribution >= 0.6 is 0 Å². The Balaban J connectivity index is 2.12. The summed E-state index contributed by atoms with van der Waals surface area (Å²) in [6, 6.07) is 10.4. The largest absolute Gasteiger partial charge is 0.480 e. The number of aliphatic carboxylic acids is 1. The van der Waals surface area contributed by atoms with E-state index in [0.29, 0.717) is 22.4 Å². The lowest BCUT2D eigenvalue weighted by molar-refractivity contribution is -0.137. The second-order valence-corrected chi connectivity index (χ2v) is 4.11. The van der Waals surface area contributed by atoms with Crippen LogP contribution in [-0.4, -0.2) is 21.0 Å². The Morgan fingerprint density at radius 2 is 2.11 bits per heavy atom. The standard InChI is InChI=1S/C14H10N2O3/c17-14(18)13(11-3-1-2-6-15-11)9-4-5-10-12(7-9)19-8-16-10/h1-8,13H,(H,17,18). The van der Waals surface area contributed by atoms with E-state index in [2.05, 4.69) is 9.97 Å². The Kier molecular flexibility index (Phi) is 2.72. The van der Waals surface area contributed by atoms with Gasteiger partial charge in [-0.25, -0.2) is 4.98 Å². The van der Waals surface area contributed by atoms with Crippen molar-refractivity contribution in [1.29, 1.82) is 0 Å². The topological polar surface area (TPSA) is 76.2 Å². The molecule has 94 valence electrons. The van der Waals surface area contributed by atoms with Gasteiger partial charge in [-0.2, -0.15) is 0 Å². The molecule has 19 heavy (non-hydrogen) atoms. The van der Waals surface area contributed by atoms with Crippen LogP contribution in [0.15, 0.2) is 53.4 Å². The maximum absolute atomic E-state index is 11.5. The zero-order valence-electron chi connectivity index (χ0n) is 9.85. The molecule has 3 aromatic rings. The molecule has 0 aliphatic heterocycles. The number of oxazole rings is 1. The first-order chi connectivity index (χ1) is 9.25. The summed E-state index contributed by atoms with van der Waals surface area (Å²) in [5.74, 6) is -1.76. The molecule has 0 spiro atoms. The smallest absolute Gasteiger partial charge is 0.317 e. The van der Waals surface area contributed by atoms with E-state index in [-0.39, 0.29) is 0 Å². The zero-order valence-corrected chi connectivity index (χ0v) is 9.85. The highest BCUT2D eigenvalue weighted by Crippen LogP contribution is 2.26. The molecule has 0 fully saturated rings. The molecular weight excluding hydrogens is 244 g/mol. The summed E-state index contributed by atoms with van der Waals surface area (Å²) in [7, 11) is 0. The minimum absolute atomic E-state index is 0.494. The van der Waals surface area contributed by atoms with Gasteiger partial charge in [0, 0.05) is 6.20 Å². The van der Waals surface area contributed by atoms with E-state index >= 15 is 0 Å². The summed E-state index contributed by atoms with van der Waals surface area (Å²) in [6.07, 6.45) is 2.92. The Hall–Kier alpha value is -2.69. The molecule has 1 atom stereocenters. The summed E-state index contributed by atoms with van der Waals surface area (Å²) in [5, 5.41) is 9.42. The minimum atomic E-state index is -0.947. The summed E-state index contributed by atoms with van der Waals surface area (Å²) < 4.78 is 5.20. The van der Waals surface area contributed by atoms with Crippen molar-refractivity contribution < 1.29 is 14.3 Å². The molecule has 5 heteroatoms. The maximum atomic E-state index is 11.5. The van der Waals surface area contributed by atoms with Crippen LogP contribution in [0.4, 0.5) is 0 Å². The number of carbonyl (C=O) groups is 1. The zero-order chi connectivity index (χ0) is 13.2. The van der Waals surface area contributed by atoms with Crippen molar-refractivity contribution in [3.63, 3.8) is 0 Å². The third kappa shape index (κ3) is 2.06. The molecule has 3 rings (SSSR count). The van der Waals surface area contributed by atoms with Crippen LogP contribution in [0.25, 0.3) is 11.1 Å². The summed E-state index contributed by atoms with van der Waals surface area (Å²) in [4.78, 5) is 19.6. The lowest BCUT2D eigenvalue weighted by Gasteiger charge is -2.11. The van der Waals surface area contributed by atoms with Gasteiger partial charge in [-0.1, -0.05) is 12.1 Å². The van der Waals surface area contributed by atoms with Crippen LogP contribution in [0.1, 0.15) is 17.2 Å². The predicted octanol–water partition coefficient (Wildman–Crippen LogP) is 2.44. The van der Waals surface area contributed by atoms with Crippen molar-refractivity contribution in [3.05, 3.63) is 60.2 Å². The lowest BCUT2D eigenvalue weighted by Crippen LogP contribution is -2.14. The number of hydrogen-bond donors (Lipinski definition) is 1. The average Bonchev–Trinajstić information content (AvgIpc) is 2.87. The summed E-state index contributed by atoms with van der Waals surface area (Å²) in [5.41, 5.74) is 2.39. The molecular formula is C14H10N2O3. The highest BCUT2D eigenvalue weighted by atomic mass is 16.4. The molecule has 5 nitrogen and oxygen atoms in total. The van der Waals surface area contributed by atoms with Crippen LogP contribution in [0.3, 0.4) is 0 Å². The summed E-state index contributed by atoms with van der Waals surface area (Å²) >= 11 is 0. The van der Waals surface area contributed by atoms with Gasteiger partial charge in [0.15, 0.2) is 12.0 Å². The van der Waals surface area contributed by atoms with Gasteiger partial charge in [0.2, 0.25) is 0 Å². The van der Waals surface area contributed by atoms with Gasteiger partial charge in [-0.15, -0.1) is 0 Å². The van der Waals surface area contributed by atoms with Crippen LogP contribution < -0.4 is 0 Å². The van der Waals surface area contributed by atoms with Crippen molar-refractivity contribution in [2.45, 2.75) is 5.92 Å². The van der Waals surface area contributed by atoms with E-state index in [1.54, 1.807) is 42.6 Å². The third-order valence-corrected chi connectivity index (χ3v) is 2.92. The van der Waals surface area contributed by atoms with Crippen molar-refractivity contribution >= 4 is 17.1 Å². The Morgan fingerprint density at radius 3 is 2.84 bits per heavy atom. The van der Waals surface area contributed by atoms with E-state index in [4.69, 9.17) is 4.42 Å². The number of hydrogen-bond acceptors (Lipinski definition) is 4. The first-order valence-corrected chi connectivity index (χ1v) is 5.72.